The molecule has 0 amide bonds. The highest BCUT2D eigenvalue weighted by atomic mass is 16.4. The van der Waals surface area contributed by atoms with Crippen molar-refractivity contribution in [3.8, 4) is 5.75 Å². The van der Waals surface area contributed by atoms with Crippen LogP contribution in [0.4, 0.5) is 0 Å². The molecular formula is C23H27NO3. The molecule has 1 aliphatic heterocycles. The number of carboxylic acids is 1. The molecule has 142 valence electrons. The summed E-state index contributed by atoms with van der Waals surface area (Å²) in [7, 11) is 0. The summed E-state index contributed by atoms with van der Waals surface area (Å²) in [4.78, 5) is 13.1. The van der Waals surface area contributed by atoms with Gasteiger partial charge in [-0.1, -0.05) is 54.6 Å². The molecule has 3 rings (SSSR count). The number of aliphatic carboxylic acids is 1. The molecule has 2 atom stereocenters. The third-order valence-corrected chi connectivity index (χ3v) is 5.20. The monoisotopic (exact) mass is 365 g/mol. The molecule has 27 heavy (non-hydrogen) atoms. The summed E-state index contributed by atoms with van der Waals surface area (Å²) in [6.07, 6.45) is 6.87. The second kappa shape index (κ2) is 9.38. The molecule has 0 radical (unpaired) electrons. The van der Waals surface area contributed by atoms with Crippen molar-refractivity contribution in [2.45, 2.75) is 38.3 Å². The zero-order chi connectivity index (χ0) is 19.1. The fourth-order valence-corrected chi connectivity index (χ4v) is 3.96. The lowest BCUT2D eigenvalue weighted by atomic mass is 9.90. The van der Waals surface area contributed by atoms with Gasteiger partial charge in [-0.2, -0.15) is 0 Å². The van der Waals surface area contributed by atoms with Gasteiger partial charge in [-0.15, -0.1) is 0 Å². The molecule has 0 unspecified atom stereocenters. The summed E-state index contributed by atoms with van der Waals surface area (Å²) in [6.45, 7) is 1.91. The summed E-state index contributed by atoms with van der Waals surface area (Å²) in [6, 6.07) is 18.3. The number of carboxylic acid groups (broad SMARTS) is 1. The van der Waals surface area contributed by atoms with Crippen molar-refractivity contribution in [3.63, 3.8) is 0 Å². The fourth-order valence-electron chi connectivity index (χ4n) is 3.96. The molecule has 1 heterocycles. The molecule has 0 aromatic heterocycles. The van der Waals surface area contributed by atoms with Gasteiger partial charge in [0.2, 0.25) is 0 Å². The highest BCUT2D eigenvalue weighted by Crippen LogP contribution is 2.41. The first-order valence-corrected chi connectivity index (χ1v) is 9.57. The van der Waals surface area contributed by atoms with Gasteiger partial charge in [0.15, 0.2) is 0 Å². The van der Waals surface area contributed by atoms with Crippen LogP contribution in [0, 0.1) is 5.92 Å². The van der Waals surface area contributed by atoms with E-state index in [0.717, 1.165) is 31.5 Å². The third kappa shape index (κ3) is 5.44. The van der Waals surface area contributed by atoms with Gasteiger partial charge >= 0.3 is 5.97 Å². The van der Waals surface area contributed by atoms with Crippen molar-refractivity contribution in [1.82, 2.24) is 4.90 Å². The number of nitrogens with zero attached hydrogens (tertiary/aromatic N) is 1. The largest absolute Gasteiger partial charge is 0.508 e. The Hall–Kier alpha value is -2.59. The maximum atomic E-state index is 10.6. The topological polar surface area (TPSA) is 60.8 Å². The van der Waals surface area contributed by atoms with Crippen LogP contribution in [0.1, 0.15) is 42.9 Å². The molecule has 1 aliphatic rings. The summed E-state index contributed by atoms with van der Waals surface area (Å²) < 4.78 is 0. The second-order valence-electron chi connectivity index (χ2n) is 7.18. The van der Waals surface area contributed by atoms with Crippen molar-refractivity contribution in [1.29, 1.82) is 0 Å². The van der Waals surface area contributed by atoms with Crippen LogP contribution in [0.25, 0.3) is 0 Å². The van der Waals surface area contributed by atoms with Crippen LogP contribution in [-0.4, -0.2) is 27.6 Å². The van der Waals surface area contributed by atoms with Gasteiger partial charge in [-0.3, -0.25) is 9.69 Å². The summed E-state index contributed by atoms with van der Waals surface area (Å²) in [5.41, 5.74) is 2.44. The second-order valence-corrected chi connectivity index (χ2v) is 7.18. The van der Waals surface area contributed by atoms with Crippen LogP contribution in [0.3, 0.4) is 0 Å². The van der Waals surface area contributed by atoms with Gasteiger partial charge in [0, 0.05) is 19.0 Å². The van der Waals surface area contributed by atoms with E-state index in [2.05, 4.69) is 41.3 Å². The van der Waals surface area contributed by atoms with Crippen molar-refractivity contribution >= 4 is 5.97 Å². The maximum absolute atomic E-state index is 10.6. The molecule has 0 saturated carbocycles. The van der Waals surface area contributed by atoms with Crippen molar-refractivity contribution in [3.05, 3.63) is 77.9 Å². The average Bonchev–Trinajstić information content (AvgIpc) is 3.04. The summed E-state index contributed by atoms with van der Waals surface area (Å²) >= 11 is 0. The van der Waals surface area contributed by atoms with E-state index in [4.69, 9.17) is 5.11 Å². The maximum Gasteiger partial charge on any atom is 0.303 e. The van der Waals surface area contributed by atoms with Crippen molar-refractivity contribution in [2.24, 2.45) is 5.92 Å². The van der Waals surface area contributed by atoms with Gasteiger partial charge in [-0.25, -0.2) is 0 Å². The zero-order valence-electron chi connectivity index (χ0n) is 15.5. The van der Waals surface area contributed by atoms with E-state index in [9.17, 15) is 9.90 Å². The number of hydrogen-bond donors (Lipinski definition) is 2. The molecule has 0 spiro atoms. The fraction of sp³-hybridized carbons (Fsp3) is 0.348. The highest BCUT2D eigenvalue weighted by Gasteiger charge is 2.34. The first-order chi connectivity index (χ1) is 13.1. The van der Waals surface area contributed by atoms with Crippen LogP contribution in [0.2, 0.25) is 0 Å². The van der Waals surface area contributed by atoms with Gasteiger partial charge in [-0.05, 0) is 55.0 Å². The van der Waals surface area contributed by atoms with Crippen molar-refractivity contribution < 1.29 is 15.0 Å². The van der Waals surface area contributed by atoms with E-state index in [1.807, 2.05) is 24.3 Å². The lowest BCUT2D eigenvalue weighted by Gasteiger charge is -2.28. The molecule has 2 aromatic carbocycles. The minimum absolute atomic E-state index is 0.178. The number of phenols is 1. The van der Waals surface area contributed by atoms with Crippen LogP contribution in [0.5, 0.6) is 5.75 Å². The predicted octanol–water partition coefficient (Wildman–Crippen LogP) is 4.77. The number of benzene rings is 2. The Morgan fingerprint density at radius 2 is 1.93 bits per heavy atom. The van der Waals surface area contributed by atoms with Crippen LogP contribution in [0.15, 0.2) is 66.7 Å². The number of likely N-dealkylation sites (tertiary alicyclic amines) is 1. The van der Waals surface area contributed by atoms with Gasteiger partial charge in [0.25, 0.3) is 0 Å². The number of hydrogen-bond acceptors (Lipinski definition) is 3. The van der Waals surface area contributed by atoms with E-state index in [-0.39, 0.29) is 12.5 Å². The number of aromatic hydroxyl groups is 1. The lowest BCUT2D eigenvalue weighted by Crippen LogP contribution is -2.25. The first-order valence-electron chi connectivity index (χ1n) is 9.57. The van der Waals surface area contributed by atoms with E-state index in [1.54, 1.807) is 6.07 Å². The van der Waals surface area contributed by atoms with Crippen LogP contribution < -0.4 is 0 Å². The quantitative estimate of drug-likeness (QED) is 0.662. The molecule has 0 aliphatic carbocycles. The first kappa shape index (κ1) is 19.2. The van der Waals surface area contributed by atoms with Gasteiger partial charge < -0.3 is 10.2 Å². The molecule has 1 saturated heterocycles. The smallest absolute Gasteiger partial charge is 0.303 e. The van der Waals surface area contributed by atoms with Crippen LogP contribution in [-0.2, 0) is 11.3 Å². The van der Waals surface area contributed by atoms with Crippen molar-refractivity contribution in [2.75, 3.05) is 6.54 Å². The lowest BCUT2D eigenvalue weighted by molar-refractivity contribution is -0.136. The Bertz CT molecular complexity index is 772. The molecule has 2 aromatic rings. The third-order valence-electron chi connectivity index (χ3n) is 5.20. The molecular weight excluding hydrogens is 338 g/mol. The Labute approximate surface area is 160 Å². The summed E-state index contributed by atoms with van der Waals surface area (Å²) in [5, 5.41) is 18.7. The standard InChI is InChI=1S/C23H27NO3/c25-21-12-7-11-20(16-21)23-19(10-5-2-6-13-22(26)27)14-15-24(23)17-18-8-3-1-4-9-18/h1-5,7-9,11-12,16,19,23,25H,6,10,13-15,17H2,(H,26,27)/b5-2-/t19-,23-/m1/s1. The molecule has 2 N–H and O–H groups in total. The minimum atomic E-state index is -0.757. The van der Waals surface area contributed by atoms with Gasteiger partial charge in [0.05, 0.1) is 0 Å². The average molecular weight is 365 g/mol. The number of phenolic OH excluding ortho intramolecular Hbond substituents is 1. The molecule has 4 heteroatoms. The minimum Gasteiger partial charge on any atom is -0.508 e. The Balaban J connectivity index is 1.73. The van der Waals surface area contributed by atoms with E-state index in [0.29, 0.717) is 18.1 Å². The zero-order valence-corrected chi connectivity index (χ0v) is 15.5. The van der Waals surface area contributed by atoms with Gasteiger partial charge in [0.1, 0.15) is 5.75 Å². The Morgan fingerprint density at radius 3 is 2.67 bits per heavy atom. The molecule has 4 nitrogen and oxygen atoms in total. The highest BCUT2D eigenvalue weighted by molar-refractivity contribution is 5.66. The Kier molecular flexibility index (Phi) is 6.66. The van der Waals surface area contributed by atoms with Crippen LogP contribution >= 0.6 is 0 Å². The number of rotatable bonds is 8. The summed E-state index contributed by atoms with van der Waals surface area (Å²) in [5.74, 6) is -0.00130. The predicted molar refractivity (Wildman–Crippen MR) is 106 cm³/mol. The molecule has 1 fully saturated rings. The normalized spacial score (nSPS) is 20.3. The molecule has 0 bridgehead atoms. The van der Waals surface area contributed by atoms with E-state index < -0.39 is 5.97 Å². The SMILES string of the molecule is O=C(O)CC/C=C\C[C@@H]1CCN(Cc2ccccc2)[C@H]1c1cccc(O)c1. The van der Waals surface area contributed by atoms with E-state index >= 15 is 0 Å². The Morgan fingerprint density at radius 1 is 1.11 bits per heavy atom. The number of carbonyl (C=O) groups is 1. The number of allylic oxidation sites excluding steroid dienone is 2. The van der Waals surface area contributed by atoms with E-state index in [1.165, 1.54) is 5.56 Å².